The number of anilines is 1. The molecule has 2 aliphatic rings. The zero-order valence-corrected chi connectivity index (χ0v) is 20.0. The molecule has 2 aromatic carbocycles. The molecule has 0 bridgehead atoms. The van der Waals surface area contributed by atoms with E-state index in [1.54, 1.807) is 69.3 Å². The number of nitrogens with one attached hydrogen (secondary N) is 1. The molecule has 2 aromatic rings. The van der Waals surface area contributed by atoms with Crippen molar-refractivity contribution in [1.29, 1.82) is 0 Å². The van der Waals surface area contributed by atoms with E-state index in [2.05, 4.69) is 5.32 Å². The molecular formula is C25H26ClN3O5. The largest absolute Gasteiger partial charge is 0.452 e. The molecule has 9 heteroatoms. The lowest BCUT2D eigenvalue weighted by Gasteiger charge is -2.50. The van der Waals surface area contributed by atoms with E-state index in [9.17, 15) is 19.2 Å². The average Bonchev–Trinajstić information content (AvgIpc) is 3.15. The summed E-state index contributed by atoms with van der Waals surface area (Å²) in [6.07, 6.45) is 0.172. The lowest BCUT2D eigenvalue weighted by atomic mass is 9.95. The van der Waals surface area contributed by atoms with Crippen LogP contribution in [0.15, 0.2) is 48.5 Å². The highest BCUT2D eigenvalue weighted by molar-refractivity contribution is 6.30. The molecule has 4 rings (SSSR count). The SMILES string of the molecule is CC(NC(=O)COC(=O)C12CCC(=O)N1c1ccccc1C(=O)N2C(C)C)c1ccc(Cl)cc1. The van der Waals surface area contributed by atoms with Crippen LogP contribution in [0.25, 0.3) is 0 Å². The molecule has 1 saturated heterocycles. The van der Waals surface area contributed by atoms with Crippen molar-refractivity contribution in [2.24, 2.45) is 0 Å². The van der Waals surface area contributed by atoms with E-state index < -0.39 is 24.1 Å². The van der Waals surface area contributed by atoms with Crippen LogP contribution in [0.1, 0.15) is 55.6 Å². The van der Waals surface area contributed by atoms with Gasteiger partial charge in [-0.05, 0) is 50.6 Å². The second-order valence-electron chi connectivity index (χ2n) is 8.75. The Kier molecular flexibility index (Phi) is 6.36. The van der Waals surface area contributed by atoms with Gasteiger partial charge in [0.1, 0.15) is 0 Å². The maximum absolute atomic E-state index is 13.5. The molecular weight excluding hydrogens is 458 g/mol. The van der Waals surface area contributed by atoms with Crippen molar-refractivity contribution >= 4 is 41.0 Å². The van der Waals surface area contributed by atoms with Gasteiger partial charge in [-0.2, -0.15) is 0 Å². The van der Waals surface area contributed by atoms with Gasteiger partial charge in [-0.25, -0.2) is 4.79 Å². The molecule has 2 unspecified atom stereocenters. The van der Waals surface area contributed by atoms with Crippen LogP contribution < -0.4 is 10.2 Å². The van der Waals surface area contributed by atoms with Gasteiger partial charge >= 0.3 is 5.97 Å². The van der Waals surface area contributed by atoms with Crippen molar-refractivity contribution in [1.82, 2.24) is 10.2 Å². The Morgan fingerprint density at radius 2 is 1.76 bits per heavy atom. The Morgan fingerprint density at radius 3 is 2.44 bits per heavy atom. The molecule has 3 amide bonds. The minimum absolute atomic E-state index is 0.0831. The van der Waals surface area contributed by atoms with E-state index in [4.69, 9.17) is 16.3 Å². The maximum Gasteiger partial charge on any atom is 0.354 e. The minimum Gasteiger partial charge on any atom is -0.452 e. The quantitative estimate of drug-likeness (QED) is 0.635. The number of benzene rings is 2. The molecule has 178 valence electrons. The molecule has 34 heavy (non-hydrogen) atoms. The molecule has 1 fully saturated rings. The molecule has 2 heterocycles. The molecule has 0 spiro atoms. The Hall–Kier alpha value is -3.39. The van der Waals surface area contributed by atoms with Crippen molar-refractivity contribution in [3.63, 3.8) is 0 Å². The fraction of sp³-hybridized carbons (Fsp3) is 0.360. The summed E-state index contributed by atoms with van der Waals surface area (Å²) in [6.45, 7) is 4.82. The predicted octanol–water partition coefficient (Wildman–Crippen LogP) is 3.45. The van der Waals surface area contributed by atoms with Crippen LogP contribution in [0.3, 0.4) is 0 Å². The number of amides is 3. The van der Waals surface area contributed by atoms with Gasteiger partial charge in [0.25, 0.3) is 11.8 Å². The smallest absolute Gasteiger partial charge is 0.354 e. The highest BCUT2D eigenvalue weighted by Gasteiger charge is 2.62. The van der Waals surface area contributed by atoms with Crippen LogP contribution >= 0.6 is 11.6 Å². The highest BCUT2D eigenvalue weighted by Crippen LogP contribution is 2.45. The molecule has 0 saturated carbocycles. The van der Waals surface area contributed by atoms with Gasteiger partial charge < -0.3 is 15.0 Å². The topological polar surface area (TPSA) is 96.0 Å². The molecule has 0 radical (unpaired) electrons. The number of carbonyl (C=O) groups is 4. The van der Waals surface area contributed by atoms with E-state index >= 15 is 0 Å². The van der Waals surface area contributed by atoms with Crippen molar-refractivity contribution in [2.45, 2.75) is 51.4 Å². The molecule has 1 N–H and O–H groups in total. The summed E-state index contributed by atoms with van der Waals surface area (Å²) < 4.78 is 5.44. The van der Waals surface area contributed by atoms with Gasteiger partial charge in [0.05, 0.1) is 17.3 Å². The van der Waals surface area contributed by atoms with Crippen molar-refractivity contribution in [3.05, 3.63) is 64.7 Å². The van der Waals surface area contributed by atoms with E-state index in [0.717, 1.165) is 5.56 Å². The van der Waals surface area contributed by atoms with Gasteiger partial charge in [-0.3, -0.25) is 19.3 Å². The van der Waals surface area contributed by atoms with Crippen molar-refractivity contribution in [3.8, 4) is 0 Å². The summed E-state index contributed by atoms with van der Waals surface area (Å²) in [5.41, 5.74) is -0.0524. The summed E-state index contributed by atoms with van der Waals surface area (Å²) in [6, 6.07) is 13.0. The lowest BCUT2D eigenvalue weighted by Crippen LogP contribution is -2.70. The summed E-state index contributed by atoms with van der Waals surface area (Å²) in [7, 11) is 0. The third kappa shape index (κ3) is 3.92. The Morgan fingerprint density at radius 1 is 1.09 bits per heavy atom. The number of fused-ring (bicyclic) bond motifs is 3. The first-order valence-corrected chi connectivity index (χ1v) is 11.5. The molecule has 2 atom stereocenters. The third-order valence-electron chi connectivity index (χ3n) is 6.22. The number of esters is 1. The molecule has 8 nitrogen and oxygen atoms in total. The number of rotatable bonds is 6. The van der Waals surface area contributed by atoms with Crippen LogP contribution in [-0.4, -0.2) is 46.9 Å². The second kappa shape index (κ2) is 9.10. The predicted molar refractivity (Wildman–Crippen MR) is 126 cm³/mol. The van der Waals surface area contributed by atoms with Crippen LogP contribution in [-0.2, 0) is 19.1 Å². The number of hydrogen-bond acceptors (Lipinski definition) is 5. The standard InChI is InChI=1S/C25H26ClN3O5/c1-15(2)28-23(32)19-6-4-5-7-20(19)29-22(31)12-13-25(28,29)24(33)34-14-21(30)27-16(3)17-8-10-18(26)11-9-17/h4-11,15-16H,12-14H2,1-3H3,(H,27,30). The number of ether oxygens (including phenoxy) is 1. The van der Waals surface area contributed by atoms with E-state index in [-0.39, 0.29) is 36.7 Å². The van der Waals surface area contributed by atoms with Gasteiger partial charge in [0.2, 0.25) is 11.6 Å². The average molecular weight is 484 g/mol. The molecule has 0 aliphatic carbocycles. The van der Waals surface area contributed by atoms with Crippen LogP contribution in [0, 0.1) is 0 Å². The second-order valence-corrected chi connectivity index (χ2v) is 9.19. The number of nitrogens with zero attached hydrogens (tertiary/aromatic N) is 2. The minimum atomic E-state index is -1.63. The van der Waals surface area contributed by atoms with Crippen LogP contribution in [0.2, 0.25) is 5.02 Å². The summed E-state index contributed by atoms with van der Waals surface area (Å²) in [5, 5.41) is 3.37. The number of para-hydroxylation sites is 1. The van der Waals surface area contributed by atoms with Crippen molar-refractivity contribution < 1.29 is 23.9 Å². The van der Waals surface area contributed by atoms with Gasteiger partial charge in [0.15, 0.2) is 6.61 Å². The number of halogens is 1. The van der Waals surface area contributed by atoms with Crippen molar-refractivity contribution in [2.75, 3.05) is 11.5 Å². The normalized spacial score (nSPS) is 20.1. The Labute approximate surface area is 202 Å². The van der Waals surface area contributed by atoms with Gasteiger partial charge in [-0.1, -0.05) is 35.9 Å². The third-order valence-corrected chi connectivity index (χ3v) is 6.48. The first-order valence-electron chi connectivity index (χ1n) is 11.1. The highest BCUT2D eigenvalue weighted by atomic mass is 35.5. The van der Waals surface area contributed by atoms with Gasteiger partial charge in [0, 0.05) is 23.9 Å². The summed E-state index contributed by atoms with van der Waals surface area (Å²) >= 11 is 5.91. The van der Waals surface area contributed by atoms with E-state index in [0.29, 0.717) is 16.3 Å². The number of carbonyl (C=O) groups excluding carboxylic acids is 4. The van der Waals surface area contributed by atoms with Crippen LogP contribution in [0.5, 0.6) is 0 Å². The zero-order chi connectivity index (χ0) is 24.6. The van der Waals surface area contributed by atoms with Crippen LogP contribution in [0.4, 0.5) is 5.69 Å². The summed E-state index contributed by atoms with van der Waals surface area (Å²) in [4.78, 5) is 55.1. The van der Waals surface area contributed by atoms with E-state index in [1.807, 2.05) is 0 Å². The lowest BCUT2D eigenvalue weighted by molar-refractivity contribution is -0.161. The fourth-order valence-electron chi connectivity index (χ4n) is 4.74. The zero-order valence-electron chi connectivity index (χ0n) is 19.2. The Bertz CT molecular complexity index is 1150. The maximum atomic E-state index is 13.5. The molecule has 2 aliphatic heterocycles. The summed E-state index contributed by atoms with van der Waals surface area (Å²) in [5.74, 6) is -1.93. The monoisotopic (exact) mass is 483 g/mol. The van der Waals surface area contributed by atoms with Gasteiger partial charge in [-0.15, -0.1) is 0 Å². The molecule has 0 aromatic heterocycles. The Balaban J connectivity index is 1.56. The number of hydrogen-bond donors (Lipinski definition) is 1. The van der Waals surface area contributed by atoms with E-state index in [1.165, 1.54) is 9.80 Å². The first-order chi connectivity index (χ1) is 16.2. The fourth-order valence-corrected chi connectivity index (χ4v) is 4.86. The first kappa shape index (κ1) is 23.8.